The van der Waals surface area contributed by atoms with Crippen molar-refractivity contribution in [2.75, 3.05) is 13.2 Å². The Bertz CT molecular complexity index is 1330. The maximum absolute atomic E-state index is 15.2. The maximum Gasteiger partial charge on any atom is 0.257 e. The lowest BCUT2D eigenvalue weighted by molar-refractivity contribution is -0.0676. The van der Waals surface area contributed by atoms with Crippen molar-refractivity contribution in [3.05, 3.63) is 99.6 Å². The van der Waals surface area contributed by atoms with Gasteiger partial charge in [-0.05, 0) is 68.7 Å². The van der Waals surface area contributed by atoms with Crippen LogP contribution in [-0.4, -0.2) is 39.2 Å². The second-order valence-corrected chi connectivity index (χ2v) is 10.6. The largest absolute Gasteiger partial charge is 0.396 e. The summed E-state index contributed by atoms with van der Waals surface area (Å²) in [5.41, 5.74) is -0.169. The number of hydrogen-bond acceptors (Lipinski definition) is 6. The summed E-state index contributed by atoms with van der Waals surface area (Å²) >= 11 is 5.54. The normalized spacial score (nSPS) is 17.3. The molecular weight excluding hydrogens is 509 g/mol. The van der Waals surface area contributed by atoms with Gasteiger partial charge in [0.1, 0.15) is 11.9 Å². The quantitative estimate of drug-likeness (QED) is 0.434. The molecule has 1 atom stereocenters. The van der Waals surface area contributed by atoms with Crippen LogP contribution in [0.3, 0.4) is 0 Å². The number of nitrogens with zero attached hydrogens (tertiary/aromatic N) is 3. The first-order valence-corrected chi connectivity index (χ1v) is 12.6. The summed E-state index contributed by atoms with van der Waals surface area (Å²) < 4.78 is 21.2. The first-order chi connectivity index (χ1) is 18.1. The number of pyridine rings is 1. The molecule has 1 aromatic heterocycles. The number of halogens is 2. The summed E-state index contributed by atoms with van der Waals surface area (Å²) in [6.45, 7) is 3.28. The molecular formula is C29H29ClFN3O4. The van der Waals surface area contributed by atoms with Gasteiger partial charge in [0.05, 0.1) is 42.2 Å². The number of fused-ring (bicyclic) bond motifs is 1. The zero-order valence-electron chi connectivity index (χ0n) is 21.2. The monoisotopic (exact) mass is 537 g/mol. The molecule has 0 bridgehead atoms. The van der Waals surface area contributed by atoms with Crippen LogP contribution >= 0.6 is 11.6 Å². The van der Waals surface area contributed by atoms with Crippen molar-refractivity contribution in [3.8, 4) is 6.07 Å². The van der Waals surface area contributed by atoms with Crippen LogP contribution in [0.25, 0.3) is 0 Å². The van der Waals surface area contributed by atoms with Crippen molar-refractivity contribution in [2.24, 2.45) is 5.41 Å². The number of aromatic nitrogens is 1. The summed E-state index contributed by atoms with van der Waals surface area (Å²) in [5, 5.41) is 29.7. The summed E-state index contributed by atoms with van der Waals surface area (Å²) in [4.78, 5) is 18.9. The van der Waals surface area contributed by atoms with E-state index in [1.165, 1.54) is 37.1 Å². The molecule has 198 valence electrons. The molecule has 2 aliphatic rings. The Hall–Kier alpha value is -3.35. The number of ether oxygens (including phenoxy) is 1. The summed E-state index contributed by atoms with van der Waals surface area (Å²) in [7, 11) is 0. The van der Waals surface area contributed by atoms with E-state index in [0.717, 1.165) is 17.9 Å². The predicted octanol–water partition coefficient (Wildman–Crippen LogP) is 5.10. The van der Waals surface area contributed by atoms with Crippen molar-refractivity contribution in [2.45, 2.75) is 45.1 Å². The lowest BCUT2D eigenvalue weighted by atomic mass is 9.94. The second kappa shape index (κ2) is 11.2. The minimum atomic E-state index is -1.32. The van der Waals surface area contributed by atoms with Crippen molar-refractivity contribution >= 4 is 17.5 Å². The van der Waals surface area contributed by atoms with E-state index in [4.69, 9.17) is 21.6 Å². The third kappa shape index (κ3) is 6.20. The Balaban J connectivity index is 0.000000417. The van der Waals surface area contributed by atoms with E-state index in [1.807, 2.05) is 36.4 Å². The number of aliphatic hydroxyl groups is 2. The Morgan fingerprint density at radius 3 is 2.45 bits per heavy atom. The first-order valence-electron chi connectivity index (χ1n) is 12.2. The fourth-order valence-corrected chi connectivity index (χ4v) is 4.24. The van der Waals surface area contributed by atoms with E-state index in [0.29, 0.717) is 16.8 Å². The second-order valence-electron chi connectivity index (χ2n) is 10.2. The van der Waals surface area contributed by atoms with E-state index < -0.39 is 23.6 Å². The average Bonchev–Trinajstić information content (AvgIpc) is 3.63. The highest BCUT2D eigenvalue weighted by Crippen LogP contribution is 2.47. The Morgan fingerprint density at radius 1 is 1.24 bits per heavy atom. The molecule has 7 nitrogen and oxygen atoms in total. The van der Waals surface area contributed by atoms with Gasteiger partial charge in [0, 0.05) is 22.2 Å². The Kier molecular flexibility index (Phi) is 8.14. The van der Waals surface area contributed by atoms with Gasteiger partial charge < -0.3 is 19.8 Å². The van der Waals surface area contributed by atoms with Gasteiger partial charge in [0.15, 0.2) is 6.23 Å². The summed E-state index contributed by atoms with van der Waals surface area (Å²) in [6, 6.07) is 17.4. The smallest absolute Gasteiger partial charge is 0.257 e. The van der Waals surface area contributed by atoms with Gasteiger partial charge in [-0.25, -0.2) is 4.39 Å². The Labute approximate surface area is 226 Å². The van der Waals surface area contributed by atoms with E-state index in [-0.39, 0.29) is 36.3 Å². The van der Waals surface area contributed by atoms with Gasteiger partial charge in [-0.2, -0.15) is 5.26 Å². The number of hydrogen-bond donors (Lipinski definition) is 2. The number of rotatable bonds is 7. The standard InChI is InChI=1S/C23H24FN3O4.C6H5Cl/c1-22(2,30)15-7-17-19(18(24)8-15)21(31-13-23(12-28)5-6-23)27(20(17)29)11-16-4-3-14(9-25)10-26-16;7-6-4-2-1-3-5-6/h3-4,7-8,10,21,28,30H,5-6,11-13H2,1-2H3;1-5H. The molecule has 1 unspecified atom stereocenters. The van der Waals surface area contributed by atoms with E-state index in [9.17, 15) is 15.0 Å². The first kappa shape index (κ1) is 27.7. The molecule has 3 aromatic rings. The zero-order valence-corrected chi connectivity index (χ0v) is 22.0. The van der Waals surface area contributed by atoms with Crippen LogP contribution in [0, 0.1) is 22.6 Å². The highest BCUT2D eigenvalue weighted by atomic mass is 35.5. The molecule has 0 spiro atoms. The molecule has 2 N–H and O–H groups in total. The number of aliphatic hydroxyl groups excluding tert-OH is 1. The van der Waals surface area contributed by atoms with Crippen molar-refractivity contribution in [1.29, 1.82) is 5.26 Å². The number of carbonyl (C=O) groups excluding carboxylic acids is 1. The Morgan fingerprint density at radius 2 is 1.95 bits per heavy atom. The number of carbonyl (C=O) groups is 1. The van der Waals surface area contributed by atoms with Crippen LogP contribution in [-0.2, 0) is 16.9 Å². The minimum absolute atomic E-state index is 0.0299. The molecule has 1 fully saturated rings. The van der Waals surface area contributed by atoms with Crippen molar-refractivity contribution < 1.29 is 24.1 Å². The average molecular weight is 538 g/mol. The van der Waals surface area contributed by atoms with Crippen LogP contribution in [0.15, 0.2) is 60.8 Å². The molecule has 2 heterocycles. The molecule has 1 amide bonds. The molecule has 5 rings (SSSR count). The topological polar surface area (TPSA) is 107 Å². The molecule has 1 saturated carbocycles. The summed E-state index contributed by atoms with van der Waals surface area (Å²) in [6.07, 6.45) is 2.07. The number of nitriles is 1. The zero-order chi connectivity index (χ0) is 27.5. The lowest BCUT2D eigenvalue weighted by Gasteiger charge is -2.27. The molecule has 1 aliphatic carbocycles. The van der Waals surface area contributed by atoms with Crippen LogP contribution in [0.5, 0.6) is 0 Å². The molecule has 0 radical (unpaired) electrons. The van der Waals surface area contributed by atoms with Crippen LogP contribution in [0.4, 0.5) is 4.39 Å². The van der Waals surface area contributed by atoms with Crippen LogP contribution in [0.2, 0.25) is 5.02 Å². The van der Waals surface area contributed by atoms with Crippen LogP contribution in [0.1, 0.15) is 65.7 Å². The molecule has 1 aliphatic heterocycles. The van der Waals surface area contributed by atoms with Gasteiger partial charge >= 0.3 is 0 Å². The molecule has 0 saturated heterocycles. The van der Waals surface area contributed by atoms with E-state index >= 15 is 4.39 Å². The number of amides is 1. The lowest BCUT2D eigenvalue weighted by Crippen LogP contribution is -2.31. The fraction of sp³-hybridized carbons (Fsp3) is 0.345. The highest BCUT2D eigenvalue weighted by molar-refractivity contribution is 6.30. The van der Waals surface area contributed by atoms with Crippen LogP contribution < -0.4 is 0 Å². The van der Waals surface area contributed by atoms with Gasteiger partial charge in [-0.3, -0.25) is 9.78 Å². The molecule has 2 aromatic carbocycles. The number of benzene rings is 2. The van der Waals surface area contributed by atoms with Crippen molar-refractivity contribution in [1.82, 2.24) is 9.88 Å². The minimum Gasteiger partial charge on any atom is -0.396 e. The fourth-order valence-electron chi connectivity index (χ4n) is 4.10. The van der Waals surface area contributed by atoms with Gasteiger partial charge in [-0.15, -0.1) is 0 Å². The highest BCUT2D eigenvalue weighted by Gasteiger charge is 2.46. The van der Waals surface area contributed by atoms with Gasteiger partial charge in [-0.1, -0.05) is 29.8 Å². The third-order valence-corrected chi connectivity index (χ3v) is 6.97. The van der Waals surface area contributed by atoms with E-state index in [2.05, 4.69) is 4.98 Å². The maximum atomic E-state index is 15.2. The van der Waals surface area contributed by atoms with Gasteiger partial charge in [0.25, 0.3) is 5.91 Å². The summed E-state index contributed by atoms with van der Waals surface area (Å²) in [5.74, 6) is -1.05. The van der Waals surface area contributed by atoms with E-state index in [1.54, 1.807) is 12.1 Å². The molecule has 9 heteroatoms. The third-order valence-electron chi connectivity index (χ3n) is 6.72. The predicted molar refractivity (Wildman–Crippen MR) is 139 cm³/mol. The molecule has 38 heavy (non-hydrogen) atoms. The van der Waals surface area contributed by atoms with Crippen molar-refractivity contribution in [3.63, 3.8) is 0 Å². The van der Waals surface area contributed by atoms with Gasteiger partial charge in [0.2, 0.25) is 0 Å². The SMILES string of the molecule is CC(C)(O)c1cc(F)c2c(c1)C(=O)N(Cc1ccc(C#N)cn1)C2OCC1(CO)CC1.Clc1ccccc1.